The van der Waals surface area contributed by atoms with E-state index in [0.717, 1.165) is 12.8 Å². The third kappa shape index (κ3) is 3.98. The SMILES string of the molecule is Cc1ccccc1[C@H](C)NC(=O)NC1CCCCC1. The molecule has 1 fully saturated rings. The summed E-state index contributed by atoms with van der Waals surface area (Å²) in [5, 5.41) is 6.12. The van der Waals surface area contributed by atoms with Crippen molar-refractivity contribution in [1.82, 2.24) is 10.6 Å². The van der Waals surface area contributed by atoms with Crippen molar-refractivity contribution >= 4 is 6.03 Å². The summed E-state index contributed by atoms with van der Waals surface area (Å²) in [5.74, 6) is 0. The van der Waals surface area contributed by atoms with Gasteiger partial charge in [0.25, 0.3) is 0 Å². The van der Waals surface area contributed by atoms with E-state index in [0.29, 0.717) is 6.04 Å². The highest BCUT2D eigenvalue weighted by atomic mass is 16.2. The van der Waals surface area contributed by atoms with Gasteiger partial charge < -0.3 is 10.6 Å². The summed E-state index contributed by atoms with van der Waals surface area (Å²) in [5.41, 5.74) is 2.40. The van der Waals surface area contributed by atoms with E-state index in [1.807, 2.05) is 19.1 Å². The number of aryl methyl sites for hydroxylation is 1. The van der Waals surface area contributed by atoms with Crippen LogP contribution in [0.3, 0.4) is 0 Å². The molecular formula is C16H24N2O. The van der Waals surface area contributed by atoms with Crippen molar-refractivity contribution in [2.24, 2.45) is 0 Å². The van der Waals surface area contributed by atoms with E-state index < -0.39 is 0 Å². The summed E-state index contributed by atoms with van der Waals surface area (Å²) in [7, 11) is 0. The molecular weight excluding hydrogens is 236 g/mol. The fraction of sp³-hybridized carbons (Fsp3) is 0.562. The maximum Gasteiger partial charge on any atom is 0.315 e. The quantitative estimate of drug-likeness (QED) is 0.855. The van der Waals surface area contributed by atoms with Crippen LogP contribution in [0.25, 0.3) is 0 Å². The summed E-state index contributed by atoms with van der Waals surface area (Å²) in [4.78, 5) is 12.0. The zero-order valence-electron chi connectivity index (χ0n) is 11.9. The standard InChI is InChI=1S/C16H24N2O/c1-12-8-6-7-11-15(12)13(2)17-16(19)18-14-9-4-3-5-10-14/h6-8,11,13-14H,3-5,9-10H2,1-2H3,(H2,17,18,19)/t13-/m0/s1. The first-order valence-corrected chi connectivity index (χ1v) is 7.29. The van der Waals surface area contributed by atoms with E-state index in [2.05, 4.69) is 29.7 Å². The van der Waals surface area contributed by atoms with Gasteiger partial charge in [0.05, 0.1) is 6.04 Å². The predicted molar refractivity (Wildman–Crippen MR) is 78.1 cm³/mol. The minimum absolute atomic E-state index is 0.0392. The third-order valence-electron chi connectivity index (χ3n) is 3.94. The maximum atomic E-state index is 12.0. The fourth-order valence-electron chi connectivity index (χ4n) is 2.82. The molecule has 0 saturated heterocycles. The molecule has 3 heteroatoms. The van der Waals surface area contributed by atoms with Crippen LogP contribution in [0.1, 0.15) is 56.2 Å². The number of nitrogens with one attached hydrogen (secondary N) is 2. The van der Waals surface area contributed by atoms with Crippen LogP contribution >= 0.6 is 0 Å². The van der Waals surface area contributed by atoms with Crippen molar-refractivity contribution in [1.29, 1.82) is 0 Å². The lowest BCUT2D eigenvalue weighted by Gasteiger charge is -2.24. The number of hydrogen-bond acceptors (Lipinski definition) is 1. The van der Waals surface area contributed by atoms with Gasteiger partial charge in [-0.2, -0.15) is 0 Å². The van der Waals surface area contributed by atoms with Crippen molar-refractivity contribution < 1.29 is 4.79 Å². The first kappa shape index (κ1) is 13.9. The Hall–Kier alpha value is -1.51. The lowest BCUT2D eigenvalue weighted by atomic mass is 9.96. The van der Waals surface area contributed by atoms with Gasteiger partial charge in [-0.1, -0.05) is 43.5 Å². The highest BCUT2D eigenvalue weighted by Crippen LogP contribution is 2.18. The molecule has 1 saturated carbocycles. The van der Waals surface area contributed by atoms with E-state index in [9.17, 15) is 4.79 Å². The topological polar surface area (TPSA) is 41.1 Å². The molecule has 3 nitrogen and oxygen atoms in total. The van der Waals surface area contributed by atoms with Crippen molar-refractivity contribution in [3.8, 4) is 0 Å². The molecule has 0 radical (unpaired) electrons. The lowest BCUT2D eigenvalue weighted by molar-refractivity contribution is 0.229. The van der Waals surface area contributed by atoms with Gasteiger partial charge >= 0.3 is 6.03 Å². The van der Waals surface area contributed by atoms with E-state index >= 15 is 0 Å². The monoisotopic (exact) mass is 260 g/mol. The van der Waals surface area contributed by atoms with Crippen LogP contribution in [0.15, 0.2) is 24.3 Å². The van der Waals surface area contributed by atoms with Crippen LogP contribution in [0, 0.1) is 6.92 Å². The Bertz CT molecular complexity index is 425. The molecule has 2 amide bonds. The Balaban J connectivity index is 1.86. The molecule has 1 aromatic carbocycles. The normalized spacial score (nSPS) is 17.8. The van der Waals surface area contributed by atoms with Crippen molar-refractivity contribution in [2.45, 2.75) is 58.0 Å². The van der Waals surface area contributed by atoms with Crippen LogP contribution in [0.5, 0.6) is 0 Å². The third-order valence-corrected chi connectivity index (χ3v) is 3.94. The number of carbonyl (C=O) groups excluding carboxylic acids is 1. The second kappa shape index (κ2) is 6.60. The van der Waals surface area contributed by atoms with E-state index in [-0.39, 0.29) is 12.1 Å². The Morgan fingerprint density at radius 1 is 1.21 bits per heavy atom. The highest BCUT2D eigenvalue weighted by molar-refractivity contribution is 5.74. The van der Waals surface area contributed by atoms with Crippen LogP contribution < -0.4 is 10.6 Å². The number of urea groups is 1. The number of hydrogen-bond donors (Lipinski definition) is 2. The van der Waals surface area contributed by atoms with E-state index in [4.69, 9.17) is 0 Å². The summed E-state index contributed by atoms with van der Waals surface area (Å²) in [6.45, 7) is 4.11. The summed E-state index contributed by atoms with van der Waals surface area (Å²) >= 11 is 0. The molecule has 2 N–H and O–H groups in total. The van der Waals surface area contributed by atoms with Crippen molar-refractivity contribution in [2.75, 3.05) is 0 Å². The van der Waals surface area contributed by atoms with Gasteiger partial charge in [0.1, 0.15) is 0 Å². The fourth-order valence-corrected chi connectivity index (χ4v) is 2.82. The minimum Gasteiger partial charge on any atom is -0.335 e. The van der Waals surface area contributed by atoms with Crippen molar-refractivity contribution in [3.63, 3.8) is 0 Å². The molecule has 0 unspecified atom stereocenters. The van der Waals surface area contributed by atoms with Gasteiger partial charge in [0.15, 0.2) is 0 Å². The molecule has 2 rings (SSSR count). The van der Waals surface area contributed by atoms with Gasteiger partial charge in [-0.25, -0.2) is 4.79 Å². The Kier molecular flexibility index (Phi) is 4.83. The Morgan fingerprint density at radius 3 is 2.58 bits per heavy atom. The first-order valence-electron chi connectivity index (χ1n) is 7.29. The molecule has 104 valence electrons. The number of amides is 2. The largest absolute Gasteiger partial charge is 0.335 e. The van der Waals surface area contributed by atoms with Crippen LogP contribution in [-0.4, -0.2) is 12.1 Å². The predicted octanol–water partition coefficient (Wildman–Crippen LogP) is 3.69. The summed E-state index contributed by atoms with van der Waals surface area (Å²) in [6, 6.07) is 8.55. The van der Waals surface area contributed by atoms with Gasteiger partial charge in [-0.05, 0) is 37.8 Å². The van der Waals surface area contributed by atoms with Crippen molar-refractivity contribution in [3.05, 3.63) is 35.4 Å². The molecule has 1 aliphatic carbocycles. The van der Waals surface area contributed by atoms with Gasteiger partial charge in [0, 0.05) is 6.04 Å². The molecule has 0 spiro atoms. The van der Waals surface area contributed by atoms with E-state index in [1.54, 1.807) is 0 Å². The van der Waals surface area contributed by atoms with Gasteiger partial charge in [-0.15, -0.1) is 0 Å². The zero-order chi connectivity index (χ0) is 13.7. The average Bonchev–Trinajstić information content (AvgIpc) is 2.40. The lowest BCUT2D eigenvalue weighted by Crippen LogP contribution is -2.43. The summed E-state index contributed by atoms with van der Waals surface area (Å²) < 4.78 is 0. The van der Waals surface area contributed by atoms with E-state index in [1.165, 1.54) is 30.4 Å². The second-order valence-corrected chi connectivity index (χ2v) is 5.53. The van der Waals surface area contributed by atoms with Gasteiger partial charge in [0.2, 0.25) is 0 Å². The zero-order valence-corrected chi connectivity index (χ0v) is 11.9. The maximum absolute atomic E-state index is 12.0. The number of rotatable bonds is 3. The number of carbonyl (C=O) groups is 1. The van der Waals surface area contributed by atoms with Gasteiger partial charge in [-0.3, -0.25) is 0 Å². The minimum atomic E-state index is -0.0392. The molecule has 0 aliphatic heterocycles. The average molecular weight is 260 g/mol. The molecule has 0 aromatic heterocycles. The number of benzene rings is 1. The smallest absolute Gasteiger partial charge is 0.315 e. The summed E-state index contributed by atoms with van der Waals surface area (Å²) in [6.07, 6.45) is 6.01. The second-order valence-electron chi connectivity index (χ2n) is 5.53. The molecule has 19 heavy (non-hydrogen) atoms. The molecule has 1 atom stereocenters. The molecule has 0 bridgehead atoms. The molecule has 1 aliphatic rings. The van der Waals surface area contributed by atoms with Crippen LogP contribution in [0.4, 0.5) is 4.79 Å². The Morgan fingerprint density at radius 2 is 1.89 bits per heavy atom. The molecule has 0 heterocycles. The van der Waals surface area contributed by atoms with Crippen LogP contribution in [-0.2, 0) is 0 Å². The molecule has 1 aromatic rings. The highest BCUT2D eigenvalue weighted by Gasteiger charge is 2.17. The Labute approximate surface area is 115 Å². The first-order chi connectivity index (χ1) is 9.16. The van der Waals surface area contributed by atoms with Crippen LogP contribution in [0.2, 0.25) is 0 Å².